The Morgan fingerprint density at radius 1 is 1.03 bits per heavy atom. The van der Waals surface area contributed by atoms with Crippen molar-refractivity contribution in [1.29, 1.82) is 0 Å². The van der Waals surface area contributed by atoms with Gasteiger partial charge in [0.2, 0.25) is 10.0 Å². The van der Waals surface area contributed by atoms with E-state index >= 15 is 0 Å². The molecule has 0 spiro atoms. The Morgan fingerprint density at radius 2 is 1.55 bits per heavy atom. The zero-order valence-electron chi connectivity index (χ0n) is 17.0. The number of sulfonamides is 1. The summed E-state index contributed by atoms with van der Waals surface area (Å²) in [6.45, 7) is 5.10. The summed E-state index contributed by atoms with van der Waals surface area (Å²) in [4.78, 5) is 2.11. The molecule has 1 aliphatic carbocycles. The lowest BCUT2D eigenvalue weighted by atomic mass is 9.81. The Morgan fingerprint density at radius 3 is 2.00 bits per heavy atom. The molecule has 0 aliphatic heterocycles. The van der Waals surface area contributed by atoms with Crippen molar-refractivity contribution < 1.29 is 26.7 Å². The zero-order chi connectivity index (χ0) is 21.7. The first kappa shape index (κ1) is 24.1. The fraction of sp³-hybridized carbons (Fsp3) is 0.700. The minimum absolute atomic E-state index is 0.121. The molecule has 0 saturated heterocycles. The normalized spacial score (nSPS) is 21.1. The van der Waals surface area contributed by atoms with Crippen molar-refractivity contribution in [3.05, 3.63) is 29.8 Å². The van der Waals surface area contributed by atoms with Crippen LogP contribution in [0.5, 0.6) is 0 Å². The number of halogens is 3. The number of benzene rings is 1. The maximum absolute atomic E-state index is 12.7. The van der Waals surface area contributed by atoms with Crippen molar-refractivity contribution in [2.75, 3.05) is 39.8 Å². The largest absolute Gasteiger partial charge is 0.416 e. The first-order valence-corrected chi connectivity index (χ1v) is 11.5. The lowest BCUT2D eigenvalue weighted by Gasteiger charge is -2.33. The third-order valence-electron chi connectivity index (χ3n) is 5.75. The average Bonchev–Trinajstić information content (AvgIpc) is 2.68. The van der Waals surface area contributed by atoms with Crippen LogP contribution in [-0.4, -0.2) is 62.6 Å². The van der Waals surface area contributed by atoms with Gasteiger partial charge in [-0.2, -0.15) is 13.2 Å². The molecule has 9 heteroatoms. The molecule has 1 aromatic rings. The number of aliphatic hydroxyl groups is 1. The quantitative estimate of drug-likeness (QED) is 0.644. The second-order valence-corrected chi connectivity index (χ2v) is 9.86. The van der Waals surface area contributed by atoms with E-state index in [1.165, 1.54) is 11.4 Å². The van der Waals surface area contributed by atoms with Gasteiger partial charge in [-0.05, 0) is 68.3 Å². The van der Waals surface area contributed by atoms with E-state index in [4.69, 9.17) is 5.11 Å². The monoisotopic (exact) mass is 436 g/mol. The van der Waals surface area contributed by atoms with Crippen LogP contribution in [0.3, 0.4) is 0 Å². The van der Waals surface area contributed by atoms with Gasteiger partial charge in [0.15, 0.2) is 0 Å². The van der Waals surface area contributed by atoms with Crippen LogP contribution in [0.2, 0.25) is 0 Å². The van der Waals surface area contributed by atoms with Crippen LogP contribution < -0.4 is 0 Å². The van der Waals surface area contributed by atoms with Crippen LogP contribution in [0.25, 0.3) is 0 Å². The molecule has 1 aromatic carbocycles. The fourth-order valence-electron chi connectivity index (χ4n) is 3.94. The first-order chi connectivity index (χ1) is 13.6. The molecule has 0 radical (unpaired) electrons. The topological polar surface area (TPSA) is 60.9 Å². The lowest BCUT2D eigenvalue weighted by molar-refractivity contribution is -0.137. The Balaban J connectivity index is 1.90. The number of likely N-dealkylation sites (N-methyl/N-ethyl adjacent to an activating group) is 1. The van der Waals surface area contributed by atoms with Crippen molar-refractivity contribution in [3.63, 3.8) is 0 Å². The molecule has 1 fully saturated rings. The second kappa shape index (κ2) is 10.2. The molecule has 29 heavy (non-hydrogen) atoms. The van der Waals surface area contributed by atoms with Crippen LogP contribution in [0.4, 0.5) is 13.2 Å². The first-order valence-electron chi connectivity index (χ1n) is 10.0. The van der Waals surface area contributed by atoms with E-state index in [9.17, 15) is 21.6 Å². The van der Waals surface area contributed by atoms with Gasteiger partial charge in [-0.15, -0.1) is 0 Å². The molecule has 1 saturated carbocycles. The van der Waals surface area contributed by atoms with Crippen molar-refractivity contribution in [3.8, 4) is 0 Å². The number of aliphatic hydroxyl groups excluding tert-OH is 1. The predicted molar refractivity (Wildman–Crippen MR) is 106 cm³/mol. The number of hydrogen-bond donors (Lipinski definition) is 1. The molecule has 1 aliphatic rings. The van der Waals surface area contributed by atoms with Gasteiger partial charge in [0.05, 0.1) is 17.1 Å². The van der Waals surface area contributed by atoms with E-state index in [0.29, 0.717) is 19.0 Å². The second-order valence-electron chi connectivity index (χ2n) is 7.81. The van der Waals surface area contributed by atoms with Crippen LogP contribution in [0.15, 0.2) is 29.2 Å². The Kier molecular flexibility index (Phi) is 8.51. The molecule has 166 valence electrons. The van der Waals surface area contributed by atoms with Crippen molar-refractivity contribution >= 4 is 10.0 Å². The van der Waals surface area contributed by atoms with Gasteiger partial charge in [-0.25, -0.2) is 12.7 Å². The van der Waals surface area contributed by atoms with E-state index < -0.39 is 21.8 Å². The van der Waals surface area contributed by atoms with Gasteiger partial charge in [0.25, 0.3) is 0 Å². The molecule has 0 aromatic heterocycles. The standard InChI is InChI=1S/C20H31F3N2O3S/c1-3-25(12-13-26)15-17-6-4-16(5-7-17)14-24(2)29(27,28)19-10-8-18(9-11-19)20(21,22)23/h8-11,16-17,26H,3-7,12-15H2,1-2H3/t16-,17-. The summed E-state index contributed by atoms with van der Waals surface area (Å²) < 4.78 is 64.7. The maximum Gasteiger partial charge on any atom is 0.416 e. The molecule has 0 amide bonds. The summed E-state index contributed by atoms with van der Waals surface area (Å²) in [5.74, 6) is 0.794. The molecule has 1 N–H and O–H groups in total. The summed E-state index contributed by atoms with van der Waals surface area (Å²) in [6.07, 6.45) is -0.610. The van der Waals surface area contributed by atoms with Gasteiger partial charge < -0.3 is 10.0 Å². The molecule has 0 bridgehead atoms. The van der Waals surface area contributed by atoms with Crippen LogP contribution in [0, 0.1) is 11.8 Å². The highest BCUT2D eigenvalue weighted by atomic mass is 32.2. The van der Waals surface area contributed by atoms with E-state index in [1.807, 2.05) is 0 Å². The molecule has 5 nitrogen and oxygen atoms in total. The van der Waals surface area contributed by atoms with Gasteiger partial charge in [0.1, 0.15) is 0 Å². The summed E-state index contributed by atoms with van der Waals surface area (Å²) in [7, 11) is -2.33. The third-order valence-corrected chi connectivity index (χ3v) is 7.59. The van der Waals surface area contributed by atoms with E-state index in [0.717, 1.165) is 63.0 Å². The van der Waals surface area contributed by atoms with Gasteiger partial charge in [-0.3, -0.25) is 0 Å². The van der Waals surface area contributed by atoms with Crippen LogP contribution >= 0.6 is 0 Å². The average molecular weight is 437 g/mol. The highest BCUT2D eigenvalue weighted by Crippen LogP contribution is 2.32. The number of hydrogen-bond acceptors (Lipinski definition) is 4. The summed E-state index contributed by atoms with van der Waals surface area (Å²) in [5.41, 5.74) is -0.861. The lowest BCUT2D eigenvalue weighted by Crippen LogP contribution is -2.36. The van der Waals surface area contributed by atoms with Crippen molar-refractivity contribution in [2.24, 2.45) is 11.8 Å². The SMILES string of the molecule is CCN(CCO)C[C@H]1CC[C@H](CN(C)S(=O)(=O)c2ccc(C(F)(F)F)cc2)CC1. The Bertz CT molecular complexity index is 730. The minimum Gasteiger partial charge on any atom is -0.395 e. The summed E-state index contributed by atoms with van der Waals surface area (Å²) in [6, 6.07) is 3.65. The van der Waals surface area contributed by atoms with Crippen molar-refractivity contribution in [2.45, 2.75) is 43.7 Å². The minimum atomic E-state index is -4.49. The number of alkyl halides is 3. The fourth-order valence-corrected chi connectivity index (χ4v) is 5.19. The van der Waals surface area contributed by atoms with Crippen molar-refractivity contribution in [1.82, 2.24) is 9.21 Å². The maximum atomic E-state index is 12.7. The smallest absolute Gasteiger partial charge is 0.395 e. The van der Waals surface area contributed by atoms with E-state index in [1.54, 1.807) is 0 Å². The number of nitrogens with zero attached hydrogens (tertiary/aromatic N) is 2. The Labute approximate surface area is 171 Å². The predicted octanol–water partition coefficient (Wildman–Crippen LogP) is 3.45. The number of rotatable bonds is 9. The van der Waals surface area contributed by atoms with E-state index in [-0.39, 0.29) is 17.4 Å². The molecule has 2 rings (SSSR count). The van der Waals surface area contributed by atoms with Crippen LogP contribution in [-0.2, 0) is 16.2 Å². The molecular formula is C20H31F3N2O3S. The molecular weight excluding hydrogens is 405 g/mol. The van der Waals surface area contributed by atoms with Gasteiger partial charge in [-0.1, -0.05) is 6.92 Å². The Hall–Kier alpha value is -1.16. The molecule has 0 unspecified atom stereocenters. The molecule has 0 atom stereocenters. The zero-order valence-corrected chi connectivity index (χ0v) is 17.8. The summed E-state index contributed by atoms with van der Waals surface area (Å²) >= 11 is 0. The van der Waals surface area contributed by atoms with E-state index in [2.05, 4.69) is 11.8 Å². The highest BCUT2D eigenvalue weighted by molar-refractivity contribution is 7.89. The third kappa shape index (κ3) is 6.67. The van der Waals surface area contributed by atoms with Crippen LogP contribution in [0.1, 0.15) is 38.2 Å². The molecule has 0 heterocycles. The van der Waals surface area contributed by atoms with Gasteiger partial charge in [0, 0.05) is 26.7 Å². The summed E-state index contributed by atoms with van der Waals surface area (Å²) in [5, 5.41) is 9.10. The highest BCUT2D eigenvalue weighted by Gasteiger charge is 2.32. The van der Waals surface area contributed by atoms with Gasteiger partial charge >= 0.3 is 6.18 Å².